The summed E-state index contributed by atoms with van der Waals surface area (Å²) in [6.45, 7) is 6.46. The summed E-state index contributed by atoms with van der Waals surface area (Å²) in [4.78, 5) is 13.1. The molecule has 21 heavy (non-hydrogen) atoms. The van der Waals surface area contributed by atoms with E-state index in [2.05, 4.69) is 11.9 Å². The van der Waals surface area contributed by atoms with E-state index in [0.29, 0.717) is 13.1 Å². The van der Waals surface area contributed by atoms with Crippen LogP contribution in [0.15, 0.2) is 41.8 Å². The zero-order chi connectivity index (χ0) is 15.5. The third kappa shape index (κ3) is 3.31. The summed E-state index contributed by atoms with van der Waals surface area (Å²) in [6, 6.07) is 5.67. The second-order valence-electron chi connectivity index (χ2n) is 4.85. The third-order valence-corrected chi connectivity index (χ3v) is 5.55. The maximum absolute atomic E-state index is 12.7. The number of piperazine rings is 1. The van der Waals surface area contributed by atoms with Crippen LogP contribution in [0, 0.1) is 0 Å². The van der Waals surface area contributed by atoms with Gasteiger partial charge in [0.05, 0.1) is 4.90 Å². The lowest BCUT2D eigenvalue weighted by Crippen LogP contribution is -2.50. The highest BCUT2D eigenvalue weighted by molar-refractivity contribution is 7.92. The van der Waals surface area contributed by atoms with E-state index in [1.54, 1.807) is 0 Å². The number of carbonyl (C=O) groups excluding carboxylic acids is 1. The molecule has 114 valence electrons. The molecule has 0 aromatic heterocycles. The number of amides is 1. The minimum Gasteiger partial charge on any atom is -0.366 e. The lowest BCUT2D eigenvalue weighted by Gasteiger charge is -2.32. The van der Waals surface area contributed by atoms with Gasteiger partial charge in [-0.25, -0.2) is 8.42 Å². The highest BCUT2D eigenvalue weighted by Crippen LogP contribution is 2.20. The molecular formula is C14H19N3O3S. The molecule has 1 atom stereocenters. The number of primary amides is 1. The second-order valence-corrected chi connectivity index (χ2v) is 6.89. The lowest BCUT2D eigenvalue weighted by atomic mass is 10.2. The van der Waals surface area contributed by atoms with Gasteiger partial charge in [-0.05, 0) is 24.3 Å². The van der Waals surface area contributed by atoms with E-state index in [1.807, 2.05) is 4.90 Å². The van der Waals surface area contributed by atoms with Crippen molar-refractivity contribution < 1.29 is 13.2 Å². The molecule has 7 heteroatoms. The van der Waals surface area contributed by atoms with Crippen LogP contribution in [0.4, 0.5) is 0 Å². The molecule has 0 radical (unpaired) electrons. The molecule has 3 N–H and O–H groups in total. The predicted molar refractivity (Wildman–Crippen MR) is 80.6 cm³/mol. The van der Waals surface area contributed by atoms with E-state index < -0.39 is 21.1 Å². The van der Waals surface area contributed by atoms with E-state index in [-0.39, 0.29) is 10.5 Å². The van der Waals surface area contributed by atoms with Gasteiger partial charge in [0.2, 0.25) is 5.91 Å². The molecule has 1 aliphatic rings. The maximum atomic E-state index is 12.7. The molecule has 0 spiro atoms. The Morgan fingerprint density at radius 2 is 1.86 bits per heavy atom. The number of benzene rings is 1. The van der Waals surface area contributed by atoms with Crippen molar-refractivity contribution in [1.82, 2.24) is 10.2 Å². The van der Waals surface area contributed by atoms with Crippen LogP contribution in [0.1, 0.15) is 10.4 Å². The van der Waals surface area contributed by atoms with Crippen molar-refractivity contribution in [2.75, 3.05) is 26.2 Å². The SMILES string of the molecule is C=CC(N1CCNCC1)S(=O)(=O)c1ccc(C(N)=O)cc1. The van der Waals surface area contributed by atoms with E-state index in [0.717, 1.165) is 13.1 Å². The monoisotopic (exact) mass is 309 g/mol. The quantitative estimate of drug-likeness (QED) is 0.746. The van der Waals surface area contributed by atoms with Crippen LogP contribution < -0.4 is 11.1 Å². The lowest BCUT2D eigenvalue weighted by molar-refractivity contribution is 0.1000. The molecule has 1 unspecified atom stereocenters. The van der Waals surface area contributed by atoms with Gasteiger partial charge in [-0.15, -0.1) is 6.58 Å². The summed E-state index contributed by atoms with van der Waals surface area (Å²) in [5.41, 5.74) is 5.44. The Balaban J connectivity index is 2.29. The van der Waals surface area contributed by atoms with E-state index in [9.17, 15) is 13.2 Å². The van der Waals surface area contributed by atoms with Crippen molar-refractivity contribution in [2.45, 2.75) is 10.3 Å². The first kappa shape index (κ1) is 15.7. The predicted octanol–water partition coefficient (Wildman–Crippen LogP) is -0.0235. The number of hydrogen-bond acceptors (Lipinski definition) is 5. The summed E-state index contributed by atoms with van der Waals surface area (Å²) >= 11 is 0. The Morgan fingerprint density at radius 1 is 1.29 bits per heavy atom. The molecule has 2 rings (SSSR count). The normalized spacial score (nSPS) is 18.1. The van der Waals surface area contributed by atoms with Gasteiger partial charge in [-0.3, -0.25) is 9.69 Å². The molecule has 1 aromatic rings. The molecule has 1 heterocycles. The first-order valence-electron chi connectivity index (χ1n) is 6.68. The van der Waals surface area contributed by atoms with Crippen molar-refractivity contribution in [3.63, 3.8) is 0 Å². The number of hydrogen-bond donors (Lipinski definition) is 2. The van der Waals surface area contributed by atoms with Crippen molar-refractivity contribution in [3.05, 3.63) is 42.5 Å². The molecule has 0 saturated carbocycles. The van der Waals surface area contributed by atoms with Crippen molar-refractivity contribution in [2.24, 2.45) is 5.73 Å². The maximum Gasteiger partial charge on any atom is 0.248 e. The van der Waals surface area contributed by atoms with Crippen molar-refractivity contribution in [3.8, 4) is 0 Å². The Hall–Kier alpha value is -1.70. The molecule has 0 bridgehead atoms. The van der Waals surface area contributed by atoms with E-state index in [1.165, 1.54) is 30.3 Å². The molecule has 1 aliphatic heterocycles. The summed E-state index contributed by atoms with van der Waals surface area (Å²) in [5, 5.41) is 2.42. The van der Waals surface area contributed by atoms with Gasteiger partial charge in [0.15, 0.2) is 9.84 Å². The minimum atomic E-state index is -3.57. The standard InChI is InChI=1S/C14H19N3O3S/c1-2-13(17-9-7-16-8-10-17)21(19,20)12-5-3-11(4-6-12)14(15)18/h2-6,13,16H,1,7-10H2,(H2,15,18). The largest absolute Gasteiger partial charge is 0.366 e. The summed E-state index contributed by atoms with van der Waals surface area (Å²) in [6.07, 6.45) is 1.45. The molecule has 1 fully saturated rings. The topological polar surface area (TPSA) is 92.5 Å². The first-order valence-corrected chi connectivity index (χ1v) is 8.22. The molecular weight excluding hydrogens is 290 g/mol. The van der Waals surface area contributed by atoms with Crippen LogP contribution in [0.3, 0.4) is 0 Å². The summed E-state index contributed by atoms with van der Waals surface area (Å²) in [7, 11) is -3.57. The average molecular weight is 309 g/mol. The zero-order valence-electron chi connectivity index (χ0n) is 11.7. The van der Waals surface area contributed by atoms with E-state index in [4.69, 9.17) is 5.73 Å². The van der Waals surface area contributed by atoms with Gasteiger partial charge >= 0.3 is 0 Å². The molecule has 1 amide bonds. The third-order valence-electron chi connectivity index (χ3n) is 3.50. The highest BCUT2D eigenvalue weighted by atomic mass is 32.2. The summed E-state index contributed by atoms with van der Waals surface area (Å²) in [5.74, 6) is -0.582. The van der Waals surface area contributed by atoms with Gasteiger partial charge in [0, 0.05) is 31.7 Å². The van der Waals surface area contributed by atoms with Crippen molar-refractivity contribution >= 4 is 15.7 Å². The van der Waals surface area contributed by atoms with Gasteiger partial charge in [-0.1, -0.05) is 6.08 Å². The van der Waals surface area contributed by atoms with Gasteiger partial charge in [-0.2, -0.15) is 0 Å². The van der Waals surface area contributed by atoms with Crippen LogP contribution in [0.25, 0.3) is 0 Å². The smallest absolute Gasteiger partial charge is 0.248 e. The average Bonchev–Trinajstić information content (AvgIpc) is 2.49. The van der Waals surface area contributed by atoms with Gasteiger partial charge < -0.3 is 11.1 Å². The zero-order valence-corrected chi connectivity index (χ0v) is 12.5. The van der Waals surface area contributed by atoms with Crippen LogP contribution in [-0.2, 0) is 9.84 Å². The summed E-state index contributed by atoms with van der Waals surface area (Å²) < 4.78 is 25.4. The fraction of sp³-hybridized carbons (Fsp3) is 0.357. The van der Waals surface area contributed by atoms with Crippen LogP contribution >= 0.6 is 0 Å². The van der Waals surface area contributed by atoms with E-state index >= 15 is 0 Å². The first-order chi connectivity index (χ1) is 9.96. The second kappa shape index (κ2) is 6.38. The number of carbonyl (C=O) groups is 1. The van der Waals surface area contributed by atoms with Crippen LogP contribution in [0.2, 0.25) is 0 Å². The Bertz CT molecular complexity index is 619. The van der Waals surface area contributed by atoms with Gasteiger partial charge in [0.1, 0.15) is 5.37 Å². The number of sulfone groups is 1. The highest BCUT2D eigenvalue weighted by Gasteiger charge is 2.31. The fourth-order valence-corrected chi connectivity index (χ4v) is 4.01. The number of nitrogens with zero attached hydrogens (tertiary/aromatic N) is 1. The molecule has 0 aliphatic carbocycles. The number of nitrogens with one attached hydrogen (secondary N) is 1. The Kier molecular flexibility index (Phi) is 4.76. The fourth-order valence-electron chi connectivity index (χ4n) is 2.36. The van der Waals surface area contributed by atoms with Crippen LogP contribution in [-0.4, -0.2) is 50.8 Å². The molecule has 1 saturated heterocycles. The number of rotatable bonds is 5. The minimum absolute atomic E-state index is 0.163. The van der Waals surface area contributed by atoms with Crippen molar-refractivity contribution in [1.29, 1.82) is 0 Å². The molecule has 1 aromatic carbocycles. The Morgan fingerprint density at radius 3 is 2.33 bits per heavy atom. The molecule has 6 nitrogen and oxygen atoms in total. The van der Waals surface area contributed by atoms with Gasteiger partial charge in [0.25, 0.3) is 0 Å². The number of nitrogens with two attached hydrogens (primary N) is 1. The van der Waals surface area contributed by atoms with Crippen LogP contribution in [0.5, 0.6) is 0 Å². The Labute approximate surface area is 124 Å².